The maximum atomic E-state index is 7.75. The van der Waals surface area contributed by atoms with Crippen molar-refractivity contribution in [2.75, 3.05) is 0 Å². The standard InChI is InChI=1S/C5H9N.C4H8.2CHO.Ru/c1-5(2,3)6-4;1-4(2)3;2*1-2;/h1-3H3;1H2,2-3H3;2*1H;/q;;2*-1;+3. The molecule has 0 saturated carbocycles. The molecule has 0 aliphatic carbocycles. The van der Waals surface area contributed by atoms with E-state index in [-0.39, 0.29) is 25.0 Å². The normalized spacial score (nSPS) is 6.40. The molecule has 0 rings (SSSR count). The molecule has 0 aliphatic rings. The van der Waals surface area contributed by atoms with E-state index in [4.69, 9.17) is 16.2 Å². The summed E-state index contributed by atoms with van der Waals surface area (Å²) in [6.45, 7) is 26.1. The average Bonchev–Trinajstić information content (AvgIpc) is 2.09. The van der Waals surface area contributed by atoms with Crippen LogP contribution in [0.1, 0.15) is 34.6 Å². The Bertz CT molecular complexity index is 162. The third kappa shape index (κ3) is 344. The minimum Gasteiger partial charge on any atom is -0.545 e. The SMILES string of the molecule is C=C(C)C.[C-]#[N+]C(C)(C)C.[CH-]=O.[CH-]=O.[Ru+3]. The van der Waals surface area contributed by atoms with Gasteiger partial charge in [-0.15, -0.1) is 6.58 Å². The zero-order chi connectivity index (χ0) is 12.8. The Morgan fingerprint density at radius 3 is 1.20 bits per heavy atom. The predicted octanol–water partition coefficient (Wildman–Crippen LogP) is 2.74. The van der Waals surface area contributed by atoms with Crippen LogP contribution in [0.2, 0.25) is 0 Å². The van der Waals surface area contributed by atoms with Gasteiger partial charge in [-0.3, -0.25) is 13.6 Å². The van der Waals surface area contributed by atoms with Gasteiger partial charge in [-0.1, -0.05) is 5.57 Å². The van der Waals surface area contributed by atoms with E-state index in [0.29, 0.717) is 0 Å². The third-order valence-electron chi connectivity index (χ3n) is 0.335. The fraction of sp³-hybridized carbons (Fsp3) is 0.545. The van der Waals surface area contributed by atoms with E-state index in [2.05, 4.69) is 25.0 Å². The Kier molecular flexibility index (Phi) is 45.2. The minimum atomic E-state index is -0.167. The minimum absolute atomic E-state index is 0. The van der Waals surface area contributed by atoms with E-state index in [1.165, 1.54) is 5.57 Å². The molecule has 0 unspecified atom stereocenters. The van der Waals surface area contributed by atoms with Crippen LogP contribution in [0.5, 0.6) is 0 Å². The zero-order valence-corrected chi connectivity index (χ0v) is 11.7. The fourth-order valence-corrected chi connectivity index (χ4v) is 0. The van der Waals surface area contributed by atoms with Crippen molar-refractivity contribution in [3.63, 3.8) is 0 Å². The molecule has 0 aromatic rings. The smallest absolute Gasteiger partial charge is 0.545 e. The molecule has 3 nitrogen and oxygen atoms in total. The number of carbonyl (C=O) groups excluding carboxylic acids is 2. The van der Waals surface area contributed by atoms with E-state index in [0.717, 1.165) is 0 Å². The van der Waals surface area contributed by atoms with Crippen LogP contribution in [-0.2, 0) is 29.1 Å². The molecular weight excluding hydrogens is 279 g/mol. The van der Waals surface area contributed by atoms with Gasteiger partial charge in [0, 0.05) is 20.8 Å². The summed E-state index contributed by atoms with van der Waals surface area (Å²) in [7, 11) is 0. The van der Waals surface area contributed by atoms with Crippen molar-refractivity contribution >= 4 is 13.6 Å². The van der Waals surface area contributed by atoms with Gasteiger partial charge < -0.3 is 14.4 Å². The first-order valence-corrected chi connectivity index (χ1v) is 3.77. The van der Waals surface area contributed by atoms with Gasteiger partial charge in [0.1, 0.15) is 0 Å². The van der Waals surface area contributed by atoms with Crippen LogP contribution in [0.15, 0.2) is 12.2 Å². The summed E-state index contributed by atoms with van der Waals surface area (Å²) >= 11 is 0. The fourth-order valence-electron chi connectivity index (χ4n) is 0. The number of hydrogen-bond acceptors (Lipinski definition) is 2. The molecule has 87 valence electrons. The van der Waals surface area contributed by atoms with E-state index in [1.54, 1.807) is 0 Å². The summed E-state index contributed by atoms with van der Waals surface area (Å²) in [4.78, 5) is 18.8. The second-order valence-corrected chi connectivity index (χ2v) is 3.49. The molecule has 1 radical (unpaired) electrons. The molecule has 0 atom stereocenters. The molecular formula is C11H19NO2Ru+. The van der Waals surface area contributed by atoms with Gasteiger partial charge >= 0.3 is 19.5 Å². The van der Waals surface area contributed by atoms with Crippen molar-refractivity contribution < 1.29 is 29.1 Å². The Morgan fingerprint density at radius 2 is 1.20 bits per heavy atom. The van der Waals surface area contributed by atoms with Crippen LogP contribution in [0, 0.1) is 6.57 Å². The van der Waals surface area contributed by atoms with Crippen molar-refractivity contribution in [1.82, 2.24) is 0 Å². The zero-order valence-electron chi connectivity index (χ0n) is 9.98. The molecule has 15 heavy (non-hydrogen) atoms. The number of allylic oxidation sites excluding steroid dienone is 1. The molecule has 0 aliphatic heterocycles. The first-order chi connectivity index (χ1) is 6.29. The van der Waals surface area contributed by atoms with Crippen LogP contribution >= 0.6 is 0 Å². The summed E-state index contributed by atoms with van der Waals surface area (Å²) in [5.41, 5.74) is 1.00. The topological polar surface area (TPSA) is 38.5 Å². The molecule has 0 N–H and O–H groups in total. The van der Waals surface area contributed by atoms with Crippen LogP contribution in [0.25, 0.3) is 4.85 Å². The van der Waals surface area contributed by atoms with Crippen LogP contribution in [0.3, 0.4) is 0 Å². The first-order valence-electron chi connectivity index (χ1n) is 3.77. The van der Waals surface area contributed by atoms with E-state index >= 15 is 0 Å². The van der Waals surface area contributed by atoms with Crippen LogP contribution < -0.4 is 0 Å². The predicted molar refractivity (Wildman–Crippen MR) is 60.3 cm³/mol. The van der Waals surface area contributed by atoms with Crippen molar-refractivity contribution in [2.24, 2.45) is 0 Å². The molecule has 4 heteroatoms. The molecule has 0 aromatic heterocycles. The number of rotatable bonds is 0. The third-order valence-corrected chi connectivity index (χ3v) is 0.335. The average molecular weight is 298 g/mol. The first kappa shape index (κ1) is 29.2. The Labute approximate surface area is 107 Å². The maximum absolute atomic E-state index is 7.75. The summed E-state index contributed by atoms with van der Waals surface area (Å²) in [6.07, 6.45) is 0. The van der Waals surface area contributed by atoms with Gasteiger partial charge in [-0.05, 0) is 13.8 Å². The van der Waals surface area contributed by atoms with E-state index < -0.39 is 0 Å². The summed E-state index contributed by atoms with van der Waals surface area (Å²) in [5, 5.41) is 0. The summed E-state index contributed by atoms with van der Waals surface area (Å²) < 4.78 is 0. The molecule has 0 heterocycles. The number of nitrogens with zero attached hydrogens (tertiary/aromatic N) is 1. The van der Waals surface area contributed by atoms with Crippen molar-refractivity contribution in [3.05, 3.63) is 23.6 Å². The summed E-state index contributed by atoms with van der Waals surface area (Å²) in [6, 6.07) is 0. The molecule has 0 bridgehead atoms. The van der Waals surface area contributed by atoms with E-state index in [1.807, 2.05) is 34.6 Å². The summed E-state index contributed by atoms with van der Waals surface area (Å²) in [5.74, 6) is 0. The Morgan fingerprint density at radius 1 is 1.13 bits per heavy atom. The Balaban J connectivity index is -0.0000000327. The van der Waals surface area contributed by atoms with Gasteiger partial charge in [-0.2, -0.15) is 0 Å². The van der Waals surface area contributed by atoms with Crippen LogP contribution in [0.4, 0.5) is 0 Å². The van der Waals surface area contributed by atoms with Gasteiger partial charge in [0.15, 0.2) is 0 Å². The van der Waals surface area contributed by atoms with Crippen LogP contribution in [-0.4, -0.2) is 19.1 Å². The van der Waals surface area contributed by atoms with Gasteiger partial charge in [0.05, 0.1) is 0 Å². The molecule has 0 fully saturated rings. The molecule has 0 spiro atoms. The van der Waals surface area contributed by atoms with Gasteiger partial charge in [0.2, 0.25) is 5.54 Å². The van der Waals surface area contributed by atoms with Crippen molar-refractivity contribution in [2.45, 2.75) is 40.2 Å². The largest absolute Gasteiger partial charge is 3.00 e. The monoisotopic (exact) mass is 299 g/mol. The second kappa shape index (κ2) is 23.2. The molecule has 0 saturated heterocycles. The quantitative estimate of drug-likeness (QED) is 0.298. The van der Waals surface area contributed by atoms with Gasteiger partial charge in [-0.25, -0.2) is 6.57 Å². The van der Waals surface area contributed by atoms with E-state index in [9.17, 15) is 0 Å². The second-order valence-electron chi connectivity index (χ2n) is 3.49. The number of hydrogen-bond donors (Lipinski definition) is 0. The molecule has 0 amide bonds. The molecule has 0 aromatic carbocycles. The van der Waals surface area contributed by atoms with Gasteiger partial charge in [0.25, 0.3) is 0 Å². The van der Waals surface area contributed by atoms with Crippen molar-refractivity contribution in [1.29, 1.82) is 0 Å². The van der Waals surface area contributed by atoms with Crippen molar-refractivity contribution in [3.8, 4) is 0 Å². The Hall–Kier alpha value is -0.807. The maximum Gasteiger partial charge on any atom is 3.00 e.